The summed E-state index contributed by atoms with van der Waals surface area (Å²) in [7, 11) is 0. The first-order valence-corrected chi connectivity index (χ1v) is 8.25. The molecule has 2 aromatic rings. The summed E-state index contributed by atoms with van der Waals surface area (Å²) in [5, 5.41) is 9.12. The fourth-order valence-corrected chi connectivity index (χ4v) is 2.91. The van der Waals surface area contributed by atoms with Crippen LogP contribution in [0.15, 0.2) is 24.3 Å². The number of alkyl halides is 3. The molecule has 0 atom stereocenters. The Morgan fingerprint density at radius 1 is 1.26 bits per heavy atom. The third kappa shape index (κ3) is 4.25. The van der Waals surface area contributed by atoms with Crippen LogP contribution in [-0.2, 0) is 19.1 Å². The number of nitriles is 1. The summed E-state index contributed by atoms with van der Waals surface area (Å²) in [6.07, 6.45) is -1.63. The van der Waals surface area contributed by atoms with E-state index in [-0.39, 0.29) is 0 Å². The molecule has 0 aliphatic heterocycles. The number of aromatic nitrogens is 2. The highest BCUT2D eigenvalue weighted by atomic mass is 127. The predicted molar refractivity (Wildman–Crippen MR) is 88.8 cm³/mol. The van der Waals surface area contributed by atoms with E-state index in [0.717, 1.165) is 46.5 Å². The second kappa shape index (κ2) is 7.34. The number of imidazole rings is 1. The molecule has 0 amide bonds. The van der Waals surface area contributed by atoms with E-state index in [1.165, 1.54) is 12.1 Å². The standard InChI is InChI=1S/C16H15F3IN3/c1-2-3-4-14-22-13(9-21)15(20)23(14)10-11-5-7-12(8-6-11)16(17,18)19/h5-8H,2-4,10H2,1H3. The van der Waals surface area contributed by atoms with E-state index in [1.54, 1.807) is 0 Å². The van der Waals surface area contributed by atoms with Gasteiger partial charge < -0.3 is 4.57 Å². The molecule has 0 saturated heterocycles. The van der Waals surface area contributed by atoms with E-state index in [9.17, 15) is 13.2 Å². The first kappa shape index (κ1) is 17.8. The lowest BCUT2D eigenvalue weighted by Crippen LogP contribution is -2.09. The molecule has 1 aromatic heterocycles. The zero-order valence-electron chi connectivity index (χ0n) is 12.5. The van der Waals surface area contributed by atoms with Gasteiger partial charge in [-0.05, 0) is 46.7 Å². The molecule has 0 saturated carbocycles. The van der Waals surface area contributed by atoms with Gasteiger partial charge in [-0.25, -0.2) is 4.98 Å². The topological polar surface area (TPSA) is 41.6 Å². The molecule has 3 nitrogen and oxygen atoms in total. The van der Waals surface area contributed by atoms with Gasteiger partial charge in [-0.1, -0.05) is 25.5 Å². The minimum atomic E-state index is -4.33. The van der Waals surface area contributed by atoms with E-state index in [2.05, 4.69) is 40.6 Å². The Morgan fingerprint density at radius 3 is 2.43 bits per heavy atom. The van der Waals surface area contributed by atoms with Crippen LogP contribution >= 0.6 is 22.6 Å². The summed E-state index contributed by atoms with van der Waals surface area (Å²) in [6, 6.07) is 7.15. The highest BCUT2D eigenvalue weighted by Crippen LogP contribution is 2.29. The zero-order chi connectivity index (χ0) is 17.0. The van der Waals surface area contributed by atoms with Crippen LogP contribution in [0, 0.1) is 15.0 Å². The van der Waals surface area contributed by atoms with Crippen molar-refractivity contribution < 1.29 is 13.2 Å². The lowest BCUT2D eigenvalue weighted by atomic mass is 10.1. The van der Waals surface area contributed by atoms with Crippen LogP contribution in [0.2, 0.25) is 0 Å². The highest BCUT2D eigenvalue weighted by Gasteiger charge is 2.30. The number of nitrogens with zero attached hydrogens (tertiary/aromatic N) is 3. The largest absolute Gasteiger partial charge is 0.416 e. The number of halogens is 4. The maximum atomic E-state index is 12.6. The average Bonchev–Trinajstić information content (AvgIpc) is 2.81. The number of unbranched alkanes of at least 4 members (excludes halogenated alkanes) is 1. The highest BCUT2D eigenvalue weighted by molar-refractivity contribution is 14.1. The van der Waals surface area contributed by atoms with E-state index in [0.29, 0.717) is 12.2 Å². The van der Waals surface area contributed by atoms with E-state index in [1.807, 2.05) is 4.57 Å². The van der Waals surface area contributed by atoms with Gasteiger partial charge >= 0.3 is 6.18 Å². The Hall–Kier alpha value is -1.56. The molecule has 1 aromatic carbocycles. The molecule has 0 aliphatic carbocycles. The third-order valence-electron chi connectivity index (χ3n) is 3.47. The molecule has 0 spiro atoms. The SMILES string of the molecule is CCCCc1nc(C#N)c(I)n1Cc1ccc(C(F)(F)F)cc1. The molecule has 2 rings (SSSR count). The van der Waals surface area contributed by atoms with Crippen molar-refractivity contribution in [1.82, 2.24) is 9.55 Å². The Bertz CT molecular complexity index is 712. The minimum Gasteiger partial charge on any atom is -0.318 e. The Labute approximate surface area is 146 Å². The normalized spacial score (nSPS) is 11.5. The third-order valence-corrected chi connectivity index (χ3v) is 4.56. The van der Waals surface area contributed by atoms with Crippen LogP contribution < -0.4 is 0 Å². The van der Waals surface area contributed by atoms with Crippen molar-refractivity contribution in [2.24, 2.45) is 0 Å². The molecular formula is C16H15F3IN3. The van der Waals surface area contributed by atoms with Crippen LogP contribution in [0.1, 0.15) is 42.4 Å². The van der Waals surface area contributed by atoms with Gasteiger partial charge in [0.25, 0.3) is 0 Å². The van der Waals surface area contributed by atoms with E-state index >= 15 is 0 Å². The Balaban J connectivity index is 2.28. The van der Waals surface area contributed by atoms with Crippen LogP contribution in [0.3, 0.4) is 0 Å². The molecule has 0 fully saturated rings. The molecule has 23 heavy (non-hydrogen) atoms. The lowest BCUT2D eigenvalue weighted by molar-refractivity contribution is -0.137. The number of rotatable bonds is 5. The van der Waals surface area contributed by atoms with E-state index < -0.39 is 11.7 Å². The summed E-state index contributed by atoms with van der Waals surface area (Å²) in [5.41, 5.74) is 0.449. The maximum absolute atomic E-state index is 12.6. The van der Waals surface area contributed by atoms with Crippen molar-refractivity contribution >= 4 is 22.6 Å². The number of hydrogen-bond acceptors (Lipinski definition) is 2. The summed E-state index contributed by atoms with van der Waals surface area (Å²) >= 11 is 2.06. The minimum absolute atomic E-state index is 0.364. The molecule has 0 radical (unpaired) electrons. The van der Waals surface area contributed by atoms with Crippen LogP contribution in [0.25, 0.3) is 0 Å². The summed E-state index contributed by atoms with van der Waals surface area (Å²) in [6.45, 7) is 2.48. The maximum Gasteiger partial charge on any atom is 0.416 e. The van der Waals surface area contributed by atoms with Crippen molar-refractivity contribution in [1.29, 1.82) is 5.26 Å². The van der Waals surface area contributed by atoms with Gasteiger partial charge in [0.1, 0.15) is 15.6 Å². The molecule has 0 N–H and O–H groups in total. The quantitative estimate of drug-likeness (QED) is 0.638. The fraction of sp³-hybridized carbons (Fsp3) is 0.375. The van der Waals surface area contributed by atoms with Gasteiger partial charge in [0.15, 0.2) is 5.69 Å². The van der Waals surface area contributed by atoms with Gasteiger partial charge in [0.05, 0.1) is 5.56 Å². The summed E-state index contributed by atoms with van der Waals surface area (Å²) in [4.78, 5) is 4.33. The van der Waals surface area contributed by atoms with Gasteiger partial charge in [0.2, 0.25) is 0 Å². The van der Waals surface area contributed by atoms with Gasteiger partial charge in [-0.15, -0.1) is 0 Å². The van der Waals surface area contributed by atoms with Crippen molar-refractivity contribution in [2.45, 2.75) is 38.9 Å². The van der Waals surface area contributed by atoms with Crippen molar-refractivity contribution in [3.63, 3.8) is 0 Å². The molecule has 0 aliphatic rings. The van der Waals surface area contributed by atoms with E-state index in [4.69, 9.17) is 5.26 Å². The first-order chi connectivity index (χ1) is 10.9. The zero-order valence-corrected chi connectivity index (χ0v) is 14.6. The molecule has 1 heterocycles. The van der Waals surface area contributed by atoms with Gasteiger partial charge in [0, 0.05) is 13.0 Å². The van der Waals surface area contributed by atoms with Crippen molar-refractivity contribution in [3.8, 4) is 6.07 Å². The van der Waals surface area contributed by atoms with Crippen LogP contribution in [0.5, 0.6) is 0 Å². The summed E-state index contributed by atoms with van der Waals surface area (Å²) in [5.74, 6) is 0.799. The number of aryl methyl sites for hydroxylation is 1. The second-order valence-electron chi connectivity index (χ2n) is 5.16. The predicted octanol–water partition coefficient (Wildman–Crippen LogP) is 4.77. The fourth-order valence-electron chi connectivity index (χ4n) is 2.22. The lowest BCUT2D eigenvalue weighted by Gasteiger charge is -2.11. The summed E-state index contributed by atoms with van der Waals surface area (Å²) < 4.78 is 40.5. The first-order valence-electron chi connectivity index (χ1n) is 7.18. The second-order valence-corrected chi connectivity index (χ2v) is 6.19. The molecule has 122 valence electrons. The van der Waals surface area contributed by atoms with Gasteiger partial charge in [-0.2, -0.15) is 18.4 Å². The van der Waals surface area contributed by atoms with Crippen LogP contribution in [0.4, 0.5) is 13.2 Å². The average molecular weight is 433 g/mol. The molecule has 0 unspecified atom stereocenters. The number of benzene rings is 1. The molecule has 0 bridgehead atoms. The monoisotopic (exact) mass is 433 g/mol. The Morgan fingerprint density at radius 2 is 1.91 bits per heavy atom. The molecular weight excluding hydrogens is 418 g/mol. The smallest absolute Gasteiger partial charge is 0.318 e. The van der Waals surface area contributed by atoms with Gasteiger partial charge in [-0.3, -0.25) is 0 Å². The molecule has 7 heteroatoms. The van der Waals surface area contributed by atoms with Crippen molar-refractivity contribution in [3.05, 3.63) is 50.6 Å². The Kier molecular flexibility index (Phi) is 5.68. The van der Waals surface area contributed by atoms with Crippen LogP contribution in [-0.4, -0.2) is 9.55 Å². The van der Waals surface area contributed by atoms with Crippen molar-refractivity contribution in [2.75, 3.05) is 0 Å². The number of hydrogen-bond donors (Lipinski definition) is 0.